The Hall–Kier alpha value is -5.72. The SMILES string of the molecule is CCSC(C(=O)N(C#N)C(C)CC(N)=O)[C@@H]1C[C@H](SC2=C(C(=O)OCc3ccc([N+](=O)[O-])cc3)N3C(=O)[C@H]([C@@H](C)O)[C@H]3[C@H]2C)CN1C(=O)OCc1ccc([N+](=O)[O-])cc1. The van der Waals surface area contributed by atoms with Crippen molar-refractivity contribution in [3.05, 3.63) is 90.5 Å². The topological polar surface area (TPSA) is 270 Å². The van der Waals surface area contributed by atoms with Crippen LogP contribution in [0, 0.1) is 43.5 Å². The standard InChI is InChI=1S/C38H43N7O12S2/c1-5-58-34(36(49)42(19-39)20(2)14-29(40)47)28-15-27(16-41(28)38(51)57-18-24-8-12-26(13-9-24)45(54)55)59-33-21(3)31-30(22(4)46)35(48)43(31)32(33)37(50)56-17-23-6-10-25(11-7-23)44(52)53/h6-13,20-22,27-28,30-31,34,46H,5,14-18H2,1-4H3,(H2,40,47)/t20?,21-,22-,27+,28+,30-,31-,34?/m1/s1. The Morgan fingerprint density at radius 2 is 1.58 bits per heavy atom. The molecule has 0 bridgehead atoms. The molecule has 2 aromatic rings. The van der Waals surface area contributed by atoms with Gasteiger partial charge in [-0.05, 0) is 61.4 Å². The van der Waals surface area contributed by atoms with E-state index in [0.29, 0.717) is 21.8 Å². The van der Waals surface area contributed by atoms with Crippen LogP contribution >= 0.6 is 23.5 Å². The monoisotopic (exact) mass is 853 g/mol. The first-order valence-corrected chi connectivity index (χ1v) is 20.5. The van der Waals surface area contributed by atoms with Crippen LogP contribution < -0.4 is 5.73 Å². The minimum atomic E-state index is -1.03. The van der Waals surface area contributed by atoms with Crippen LogP contribution in [0.5, 0.6) is 0 Å². The highest BCUT2D eigenvalue weighted by atomic mass is 32.2. The Morgan fingerprint density at radius 3 is 2.07 bits per heavy atom. The van der Waals surface area contributed by atoms with Crippen LogP contribution in [0.1, 0.15) is 51.7 Å². The summed E-state index contributed by atoms with van der Waals surface area (Å²) in [4.78, 5) is 92.3. The maximum absolute atomic E-state index is 14.1. The molecule has 0 aromatic heterocycles. The lowest BCUT2D eigenvalue weighted by atomic mass is 9.79. The normalized spacial score (nSPS) is 22.4. The number of aliphatic hydroxyl groups is 1. The number of nitro groups is 2. The van der Waals surface area contributed by atoms with E-state index in [1.54, 1.807) is 6.92 Å². The van der Waals surface area contributed by atoms with E-state index in [0.717, 1.165) is 4.90 Å². The number of β-lactam (4-membered cyclic amide) rings is 1. The zero-order valence-electron chi connectivity index (χ0n) is 32.5. The van der Waals surface area contributed by atoms with Crippen molar-refractivity contribution in [1.82, 2.24) is 14.7 Å². The number of rotatable bonds is 17. The van der Waals surface area contributed by atoms with Gasteiger partial charge in [0.15, 0.2) is 6.19 Å². The molecule has 0 spiro atoms. The van der Waals surface area contributed by atoms with Crippen molar-refractivity contribution >= 4 is 64.7 Å². The van der Waals surface area contributed by atoms with E-state index in [1.165, 1.54) is 95.7 Å². The number of carbonyl (C=O) groups excluding carboxylic acids is 5. The first-order valence-electron chi connectivity index (χ1n) is 18.6. The van der Waals surface area contributed by atoms with Gasteiger partial charge < -0.3 is 30.1 Å². The summed E-state index contributed by atoms with van der Waals surface area (Å²) < 4.78 is 11.3. The molecule has 2 fully saturated rings. The predicted molar refractivity (Wildman–Crippen MR) is 212 cm³/mol. The number of hydrogen-bond donors (Lipinski definition) is 2. The van der Waals surface area contributed by atoms with Gasteiger partial charge >= 0.3 is 12.1 Å². The number of non-ortho nitro benzene ring substituents is 2. The Bertz CT molecular complexity index is 2060. The third-order valence-corrected chi connectivity index (χ3v) is 13.1. The summed E-state index contributed by atoms with van der Waals surface area (Å²) >= 11 is 2.41. The second kappa shape index (κ2) is 18.9. The van der Waals surface area contributed by atoms with Gasteiger partial charge in [0.05, 0.1) is 40.0 Å². The van der Waals surface area contributed by atoms with Gasteiger partial charge in [-0.2, -0.15) is 5.26 Å². The van der Waals surface area contributed by atoms with Crippen LogP contribution in [-0.2, 0) is 41.9 Å². The van der Waals surface area contributed by atoms with Crippen molar-refractivity contribution in [3.63, 3.8) is 0 Å². The lowest BCUT2D eigenvalue weighted by molar-refractivity contribution is -0.385. The highest BCUT2D eigenvalue weighted by Crippen LogP contribution is 2.53. The van der Waals surface area contributed by atoms with Crippen LogP contribution in [0.4, 0.5) is 16.2 Å². The van der Waals surface area contributed by atoms with Gasteiger partial charge in [-0.15, -0.1) is 23.5 Å². The molecular formula is C38H43N7O12S2. The number of carbonyl (C=O) groups is 5. The third kappa shape index (κ3) is 9.61. The number of fused-ring (bicyclic) bond motifs is 1. The second-order valence-corrected chi connectivity index (χ2v) is 17.1. The van der Waals surface area contributed by atoms with Crippen molar-refractivity contribution in [2.45, 2.75) is 88.5 Å². The highest BCUT2D eigenvalue weighted by Gasteiger charge is 2.61. The summed E-state index contributed by atoms with van der Waals surface area (Å²) in [6.07, 6.45) is -0.110. The minimum Gasteiger partial charge on any atom is -0.456 e. The number of aliphatic hydroxyl groups excluding tert-OH is 1. The molecule has 5 rings (SSSR count). The minimum absolute atomic E-state index is 0.00827. The third-order valence-electron chi connectivity index (χ3n) is 10.4. The van der Waals surface area contributed by atoms with Crippen LogP contribution in [0.3, 0.4) is 0 Å². The summed E-state index contributed by atoms with van der Waals surface area (Å²) in [7, 11) is 0. The fraction of sp³-hybridized carbons (Fsp3) is 0.474. The van der Waals surface area contributed by atoms with Crippen LogP contribution in [0.2, 0.25) is 0 Å². The second-order valence-electron chi connectivity index (χ2n) is 14.3. The van der Waals surface area contributed by atoms with E-state index in [2.05, 4.69) is 0 Å². The number of nitrogens with zero attached hydrogens (tertiary/aromatic N) is 6. The van der Waals surface area contributed by atoms with E-state index in [-0.39, 0.29) is 49.7 Å². The first kappa shape index (κ1) is 44.4. The molecular weight excluding hydrogens is 811 g/mol. The number of hydrogen-bond acceptors (Lipinski definition) is 15. The molecule has 4 amide bonds. The Kier molecular flexibility index (Phi) is 14.2. The molecule has 2 unspecified atom stereocenters. The molecule has 2 aromatic carbocycles. The van der Waals surface area contributed by atoms with E-state index >= 15 is 0 Å². The number of nitrogens with two attached hydrogens (primary N) is 1. The van der Waals surface area contributed by atoms with Crippen molar-refractivity contribution < 1.29 is 48.4 Å². The summed E-state index contributed by atoms with van der Waals surface area (Å²) in [5.74, 6) is -3.56. The fourth-order valence-electron chi connectivity index (χ4n) is 7.54. The van der Waals surface area contributed by atoms with Crippen molar-refractivity contribution in [1.29, 1.82) is 5.26 Å². The average molecular weight is 854 g/mol. The number of ether oxygens (including phenoxy) is 2. The molecule has 21 heteroatoms. The zero-order chi connectivity index (χ0) is 43.3. The maximum Gasteiger partial charge on any atom is 0.410 e. The number of likely N-dealkylation sites (tertiary alicyclic amines) is 1. The predicted octanol–water partition coefficient (Wildman–Crippen LogP) is 3.82. The Balaban J connectivity index is 1.46. The van der Waals surface area contributed by atoms with Gasteiger partial charge in [0.2, 0.25) is 11.8 Å². The molecule has 314 valence electrons. The van der Waals surface area contributed by atoms with Gasteiger partial charge in [-0.3, -0.25) is 34.6 Å². The lowest BCUT2D eigenvalue weighted by Gasteiger charge is -2.46. The molecule has 2 saturated heterocycles. The number of benzene rings is 2. The summed E-state index contributed by atoms with van der Waals surface area (Å²) in [6, 6.07) is 8.51. The highest BCUT2D eigenvalue weighted by molar-refractivity contribution is 8.03. The quantitative estimate of drug-likeness (QED) is 0.0572. The number of amides is 4. The molecule has 0 aliphatic carbocycles. The lowest BCUT2D eigenvalue weighted by Crippen LogP contribution is -2.63. The fourth-order valence-corrected chi connectivity index (χ4v) is 10.2. The van der Waals surface area contributed by atoms with E-state index in [1.807, 2.05) is 13.1 Å². The van der Waals surface area contributed by atoms with Crippen LogP contribution in [0.15, 0.2) is 59.1 Å². The Morgan fingerprint density at radius 1 is 1.02 bits per heavy atom. The van der Waals surface area contributed by atoms with Crippen LogP contribution in [0.25, 0.3) is 0 Å². The number of nitro benzene ring substituents is 2. The van der Waals surface area contributed by atoms with E-state index < -0.39 is 86.2 Å². The molecule has 0 radical (unpaired) electrons. The van der Waals surface area contributed by atoms with Gasteiger partial charge in [0, 0.05) is 53.3 Å². The number of primary amides is 1. The van der Waals surface area contributed by atoms with Gasteiger partial charge in [-0.25, -0.2) is 14.5 Å². The molecule has 3 aliphatic heterocycles. The molecule has 0 saturated carbocycles. The number of thioether (sulfide) groups is 2. The number of nitriles is 1. The summed E-state index contributed by atoms with van der Waals surface area (Å²) in [5, 5.41) is 41.3. The average Bonchev–Trinajstić information content (AvgIpc) is 3.71. The molecule has 3 aliphatic rings. The zero-order valence-corrected chi connectivity index (χ0v) is 34.1. The molecule has 3 N–H and O–H groups in total. The largest absolute Gasteiger partial charge is 0.456 e. The summed E-state index contributed by atoms with van der Waals surface area (Å²) in [5.41, 5.74) is 5.96. The van der Waals surface area contributed by atoms with Crippen molar-refractivity contribution in [2.24, 2.45) is 17.6 Å². The first-order chi connectivity index (χ1) is 28.0. The molecule has 19 nitrogen and oxygen atoms in total. The van der Waals surface area contributed by atoms with Gasteiger partial charge in [0.1, 0.15) is 24.2 Å². The van der Waals surface area contributed by atoms with Gasteiger partial charge in [0.25, 0.3) is 17.3 Å². The smallest absolute Gasteiger partial charge is 0.410 e. The van der Waals surface area contributed by atoms with Crippen LogP contribution in [-0.4, -0.2) is 106 Å². The van der Waals surface area contributed by atoms with Crippen molar-refractivity contribution in [3.8, 4) is 6.19 Å². The van der Waals surface area contributed by atoms with Crippen molar-refractivity contribution in [2.75, 3.05) is 12.3 Å². The van der Waals surface area contributed by atoms with E-state index in [9.17, 15) is 54.6 Å². The molecule has 59 heavy (non-hydrogen) atoms. The molecule has 8 atom stereocenters. The maximum atomic E-state index is 14.1. The van der Waals surface area contributed by atoms with Gasteiger partial charge in [-0.1, -0.05) is 13.8 Å². The Labute approximate surface area is 347 Å². The summed E-state index contributed by atoms with van der Waals surface area (Å²) in [6.45, 7) is 6.07. The van der Waals surface area contributed by atoms with E-state index in [4.69, 9.17) is 15.2 Å². The number of esters is 1. The molecule has 3 heterocycles.